The lowest BCUT2D eigenvalue weighted by atomic mass is 9.88. The molecule has 2 fully saturated rings. The minimum absolute atomic E-state index is 0.182. The summed E-state index contributed by atoms with van der Waals surface area (Å²) in [6.07, 6.45) is 6.39. The number of amidine groups is 2. The smallest absolute Gasteiger partial charge is 0.192 e. The maximum atomic E-state index is 8.26. The fraction of sp³-hybridized carbons (Fsp3) is 0.522. The highest BCUT2D eigenvalue weighted by Gasteiger charge is 2.54. The van der Waals surface area contributed by atoms with E-state index in [0.717, 1.165) is 24.6 Å². The van der Waals surface area contributed by atoms with Crippen molar-refractivity contribution in [3.8, 4) is 0 Å². The third-order valence-electron chi connectivity index (χ3n) is 6.70. The van der Waals surface area contributed by atoms with Crippen LogP contribution < -0.4 is 0 Å². The number of aryl methyl sites for hydroxylation is 1. The second-order valence-corrected chi connectivity index (χ2v) is 9.64. The molecule has 1 aromatic heterocycles. The van der Waals surface area contributed by atoms with Crippen molar-refractivity contribution in [2.24, 2.45) is 5.41 Å². The minimum atomic E-state index is 0.182. The van der Waals surface area contributed by atoms with Crippen molar-refractivity contribution in [3.05, 3.63) is 53.7 Å². The summed E-state index contributed by atoms with van der Waals surface area (Å²) >= 11 is 1.49. The summed E-state index contributed by atoms with van der Waals surface area (Å²) in [5, 5.41) is 16.8. The summed E-state index contributed by atoms with van der Waals surface area (Å²) < 4.78 is 5.27. The van der Waals surface area contributed by atoms with Crippen LogP contribution in [0.25, 0.3) is 0 Å². The van der Waals surface area contributed by atoms with Gasteiger partial charge in [-0.3, -0.25) is 10.8 Å². The van der Waals surface area contributed by atoms with E-state index in [-0.39, 0.29) is 5.84 Å². The van der Waals surface area contributed by atoms with Crippen LogP contribution in [0.1, 0.15) is 48.6 Å². The van der Waals surface area contributed by atoms with E-state index in [0.29, 0.717) is 22.0 Å². The van der Waals surface area contributed by atoms with Gasteiger partial charge in [0, 0.05) is 12.8 Å². The number of likely N-dealkylation sites (tertiary alicyclic amines) is 1. The SMILES string of the molecule is Cc1ncoc1C(=N)N(C)C(=N)SCCCN1CCC2(CC1)C[C@@H]2c1ccccc1. The zero-order valence-corrected chi connectivity index (χ0v) is 18.7. The summed E-state index contributed by atoms with van der Waals surface area (Å²) in [6, 6.07) is 11.0. The van der Waals surface area contributed by atoms with Gasteiger partial charge >= 0.3 is 0 Å². The molecular weight excluding hydrogens is 394 g/mol. The Morgan fingerprint density at radius 1 is 1.27 bits per heavy atom. The summed E-state index contributed by atoms with van der Waals surface area (Å²) in [4.78, 5) is 8.16. The normalized spacial score (nSPS) is 20.3. The highest BCUT2D eigenvalue weighted by Crippen LogP contribution is 2.64. The third kappa shape index (κ3) is 4.47. The van der Waals surface area contributed by atoms with Crippen LogP contribution in [0.15, 0.2) is 41.1 Å². The Hall–Kier alpha value is -2.12. The van der Waals surface area contributed by atoms with E-state index in [2.05, 4.69) is 40.2 Å². The van der Waals surface area contributed by atoms with Crippen LogP contribution in [-0.2, 0) is 0 Å². The number of piperidine rings is 1. The average molecular weight is 426 g/mol. The predicted octanol–water partition coefficient (Wildman–Crippen LogP) is 4.57. The molecule has 0 amide bonds. The molecule has 1 aliphatic carbocycles. The Morgan fingerprint density at radius 3 is 2.67 bits per heavy atom. The molecule has 1 saturated carbocycles. The van der Waals surface area contributed by atoms with E-state index in [1.54, 1.807) is 11.9 Å². The molecule has 30 heavy (non-hydrogen) atoms. The molecule has 4 rings (SSSR count). The number of hydrogen-bond donors (Lipinski definition) is 2. The number of oxazole rings is 1. The zero-order valence-electron chi connectivity index (χ0n) is 17.9. The molecule has 1 spiro atoms. The molecule has 2 aromatic rings. The van der Waals surface area contributed by atoms with Crippen molar-refractivity contribution >= 4 is 22.8 Å². The van der Waals surface area contributed by atoms with E-state index in [1.807, 2.05) is 6.92 Å². The molecule has 2 aliphatic rings. The molecule has 1 aliphatic heterocycles. The van der Waals surface area contributed by atoms with Gasteiger partial charge < -0.3 is 14.2 Å². The van der Waals surface area contributed by atoms with Crippen LogP contribution in [-0.4, -0.2) is 58.2 Å². The fourth-order valence-corrected chi connectivity index (χ4v) is 5.37. The molecule has 0 unspecified atom stereocenters. The summed E-state index contributed by atoms with van der Waals surface area (Å²) in [6.45, 7) is 5.29. The maximum absolute atomic E-state index is 8.26. The van der Waals surface area contributed by atoms with Gasteiger partial charge in [-0.05, 0) is 69.1 Å². The van der Waals surface area contributed by atoms with Gasteiger partial charge in [0.2, 0.25) is 0 Å². The Bertz CT molecular complexity index is 888. The number of rotatable bonds is 6. The van der Waals surface area contributed by atoms with Crippen molar-refractivity contribution < 1.29 is 4.42 Å². The fourth-order valence-electron chi connectivity index (χ4n) is 4.62. The minimum Gasteiger partial charge on any atom is -0.440 e. The second-order valence-electron chi connectivity index (χ2n) is 8.55. The Morgan fingerprint density at radius 2 is 2.00 bits per heavy atom. The van der Waals surface area contributed by atoms with E-state index in [9.17, 15) is 0 Å². The van der Waals surface area contributed by atoms with Crippen molar-refractivity contribution in [1.29, 1.82) is 10.8 Å². The first-order chi connectivity index (χ1) is 14.5. The average Bonchev–Trinajstić information content (AvgIpc) is 3.30. The molecule has 0 radical (unpaired) electrons. The highest BCUT2D eigenvalue weighted by molar-refractivity contribution is 8.13. The largest absolute Gasteiger partial charge is 0.440 e. The molecule has 1 atom stereocenters. The van der Waals surface area contributed by atoms with Gasteiger partial charge in [0.1, 0.15) is 0 Å². The molecular formula is C23H31N5OS. The third-order valence-corrected chi connectivity index (χ3v) is 7.74. The number of benzene rings is 1. The lowest BCUT2D eigenvalue weighted by Crippen LogP contribution is -2.36. The van der Waals surface area contributed by atoms with Gasteiger partial charge in [0.25, 0.3) is 0 Å². The highest BCUT2D eigenvalue weighted by atomic mass is 32.2. The lowest BCUT2D eigenvalue weighted by molar-refractivity contribution is 0.170. The van der Waals surface area contributed by atoms with E-state index >= 15 is 0 Å². The standard InChI is InChI=1S/C23H31N5OS/c1-17-20(29-16-26-17)21(24)27(2)22(25)30-14-6-11-28-12-9-23(10-13-28)15-19(23)18-7-4-3-5-8-18/h3-5,7-8,16,19,24-25H,6,9-15H2,1-2H3/t19-/m1/s1. The van der Waals surface area contributed by atoms with Crippen molar-refractivity contribution in [3.63, 3.8) is 0 Å². The second kappa shape index (κ2) is 8.94. The van der Waals surface area contributed by atoms with E-state index in [1.165, 1.54) is 56.1 Å². The molecule has 160 valence electrons. The number of aromatic nitrogens is 1. The van der Waals surface area contributed by atoms with Gasteiger partial charge in [-0.15, -0.1) is 0 Å². The summed E-state index contributed by atoms with van der Waals surface area (Å²) in [5.41, 5.74) is 2.77. The van der Waals surface area contributed by atoms with Crippen molar-refractivity contribution in [1.82, 2.24) is 14.8 Å². The molecule has 7 heteroatoms. The van der Waals surface area contributed by atoms with Gasteiger partial charge in [-0.25, -0.2) is 4.98 Å². The number of nitrogens with zero attached hydrogens (tertiary/aromatic N) is 3. The molecule has 2 heterocycles. The van der Waals surface area contributed by atoms with Crippen LogP contribution in [0, 0.1) is 23.2 Å². The summed E-state index contributed by atoms with van der Waals surface area (Å²) in [5.74, 6) is 2.27. The van der Waals surface area contributed by atoms with Crippen molar-refractivity contribution in [2.75, 3.05) is 32.4 Å². The van der Waals surface area contributed by atoms with Crippen LogP contribution in [0.4, 0.5) is 0 Å². The van der Waals surface area contributed by atoms with Crippen LogP contribution in [0.2, 0.25) is 0 Å². The monoisotopic (exact) mass is 425 g/mol. The topological polar surface area (TPSA) is 80.2 Å². The van der Waals surface area contributed by atoms with Gasteiger partial charge in [0.05, 0.1) is 5.69 Å². The van der Waals surface area contributed by atoms with Crippen molar-refractivity contribution in [2.45, 2.75) is 38.5 Å². The van der Waals surface area contributed by atoms with Crippen LogP contribution in [0.5, 0.6) is 0 Å². The quantitative estimate of drug-likeness (QED) is 0.403. The van der Waals surface area contributed by atoms with Gasteiger partial charge in [0.15, 0.2) is 23.2 Å². The predicted molar refractivity (Wildman–Crippen MR) is 123 cm³/mol. The van der Waals surface area contributed by atoms with E-state index < -0.39 is 0 Å². The molecule has 2 N–H and O–H groups in total. The maximum Gasteiger partial charge on any atom is 0.192 e. The molecule has 6 nitrogen and oxygen atoms in total. The van der Waals surface area contributed by atoms with E-state index in [4.69, 9.17) is 15.2 Å². The summed E-state index contributed by atoms with van der Waals surface area (Å²) in [7, 11) is 1.74. The first-order valence-electron chi connectivity index (χ1n) is 10.7. The number of thioether (sulfide) groups is 1. The molecule has 1 aromatic carbocycles. The Labute approximate surface area is 183 Å². The lowest BCUT2D eigenvalue weighted by Gasteiger charge is -2.33. The number of hydrogen-bond acceptors (Lipinski definition) is 6. The zero-order chi connectivity index (χ0) is 21.1. The molecule has 1 saturated heterocycles. The first-order valence-corrected chi connectivity index (χ1v) is 11.7. The Kier molecular flexibility index (Phi) is 6.29. The van der Waals surface area contributed by atoms with Crippen LogP contribution in [0.3, 0.4) is 0 Å². The van der Waals surface area contributed by atoms with Gasteiger partial charge in [-0.2, -0.15) is 0 Å². The van der Waals surface area contributed by atoms with Gasteiger partial charge in [-0.1, -0.05) is 42.1 Å². The molecule has 0 bridgehead atoms. The van der Waals surface area contributed by atoms with Crippen LogP contribution >= 0.6 is 11.8 Å². The Balaban J connectivity index is 1.15. The number of nitrogens with one attached hydrogen (secondary N) is 2. The first kappa shape index (κ1) is 21.1.